The topological polar surface area (TPSA) is 73.1 Å². The van der Waals surface area contributed by atoms with Gasteiger partial charge in [-0.1, -0.05) is 11.3 Å². The summed E-state index contributed by atoms with van der Waals surface area (Å²) in [5.41, 5.74) is 1.81. The van der Waals surface area contributed by atoms with Crippen LogP contribution in [0.4, 0.5) is 5.82 Å². The van der Waals surface area contributed by atoms with E-state index in [2.05, 4.69) is 36.1 Å². The van der Waals surface area contributed by atoms with Crippen molar-refractivity contribution in [2.75, 3.05) is 24.6 Å². The van der Waals surface area contributed by atoms with E-state index in [-0.39, 0.29) is 5.69 Å². The SMILES string of the molecule is CCOC(=O)c1cn(Cc2ccc(N3CC4(CC4)C3)nc2Br)nn1. The van der Waals surface area contributed by atoms with Crippen molar-refractivity contribution in [2.45, 2.75) is 26.3 Å². The van der Waals surface area contributed by atoms with Crippen molar-refractivity contribution in [1.29, 1.82) is 0 Å². The molecule has 0 atom stereocenters. The number of rotatable bonds is 5. The molecule has 0 N–H and O–H groups in total. The molecule has 2 fully saturated rings. The number of nitrogens with zero attached hydrogens (tertiary/aromatic N) is 5. The zero-order valence-corrected chi connectivity index (χ0v) is 15.0. The monoisotopic (exact) mass is 391 g/mol. The van der Waals surface area contributed by atoms with Crippen molar-refractivity contribution < 1.29 is 9.53 Å². The molecular weight excluding hydrogens is 374 g/mol. The summed E-state index contributed by atoms with van der Waals surface area (Å²) in [7, 11) is 0. The fourth-order valence-electron chi connectivity index (χ4n) is 3.01. The van der Waals surface area contributed by atoms with E-state index in [9.17, 15) is 4.79 Å². The highest BCUT2D eigenvalue weighted by Gasteiger charge is 2.52. The van der Waals surface area contributed by atoms with Crippen molar-refractivity contribution >= 4 is 27.7 Å². The molecule has 1 aliphatic carbocycles. The summed E-state index contributed by atoms with van der Waals surface area (Å²) >= 11 is 3.54. The molecule has 1 saturated heterocycles. The van der Waals surface area contributed by atoms with Gasteiger partial charge in [-0.2, -0.15) is 0 Å². The Morgan fingerprint density at radius 1 is 1.38 bits per heavy atom. The largest absolute Gasteiger partial charge is 0.461 e. The molecule has 2 aromatic heterocycles. The number of aromatic nitrogens is 4. The minimum absolute atomic E-state index is 0.216. The van der Waals surface area contributed by atoms with E-state index in [0.29, 0.717) is 18.6 Å². The smallest absolute Gasteiger partial charge is 0.360 e. The second kappa shape index (κ2) is 5.84. The van der Waals surface area contributed by atoms with Crippen molar-refractivity contribution in [3.05, 3.63) is 34.2 Å². The Morgan fingerprint density at radius 2 is 2.17 bits per heavy atom. The molecule has 0 radical (unpaired) electrons. The van der Waals surface area contributed by atoms with Gasteiger partial charge < -0.3 is 9.64 Å². The van der Waals surface area contributed by atoms with Crippen molar-refractivity contribution in [1.82, 2.24) is 20.0 Å². The fourth-order valence-corrected chi connectivity index (χ4v) is 3.45. The van der Waals surface area contributed by atoms with Gasteiger partial charge in [-0.25, -0.2) is 14.5 Å². The van der Waals surface area contributed by atoms with Gasteiger partial charge in [-0.3, -0.25) is 0 Å². The van der Waals surface area contributed by atoms with Crippen LogP contribution < -0.4 is 4.90 Å². The van der Waals surface area contributed by atoms with E-state index in [1.807, 2.05) is 12.1 Å². The highest BCUT2D eigenvalue weighted by molar-refractivity contribution is 9.10. The third-order valence-corrected chi connectivity index (χ3v) is 5.29. The van der Waals surface area contributed by atoms with Crippen LogP contribution in [0, 0.1) is 5.41 Å². The number of carbonyl (C=O) groups excluding carboxylic acids is 1. The molecule has 4 rings (SSSR count). The maximum Gasteiger partial charge on any atom is 0.360 e. The highest BCUT2D eigenvalue weighted by Crippen LogP contribution is 2.53. The van der Waals surface area contributed by atoms with Crippen LogP contribution in [0.2, 0.25) is 0 Å². The molecule has 24 heavy (non-hydrogen) atoms. The summed E-state index contributed by atoms with van der Waals surface area (Å²) in [6.07, 6.45) is 4.31. The Hall–Kier alpha value is -1.96. The predicted molar refractivity (Wildman–Crippen MR) is 90.9 cm³/mol. The summed E-state index contributed by atoms with van der Waals surface area (Å²) in [6.45, 7) is 4.82. The second-order valence-corrected chi connectivity index (χ2v) is 7.25. The first-order chi connectivity index (χ1) is 11.6. The quantitative estimate of drug-likeness (QED) is 0.574. The van der Waals surface area contributed by atoms with Crippen molar-refractivity contribution in [3.8, 4) is 0 Å². The molecule has 2 aromatic rings. The average molecular weight is 392 g/mol. The van der Waals surface area contributed by atoms with Crippen LogP contribution >= 0.6 is 15.9 Å². The van der Waals surface area contributed by atoms with Crippen LogP contribution in [0.5, 0.6) is 0 Å². The maximum atomic E-state index is 11.6. The minimum atomic E-state index is -0.455. The molecule has 2 aliphatic rings. The van der Waals surface area contributed by atoms with Gasteiger partial charge in [-0.05, 0) is 41.8 Å². The van der Waals surface area contributed by atoms with E-state index in [0.717, 1.165) is 29.1 Å². The van der Waals surface area contributed by atoms with E-state index in [1.54, 1.807) is 17.8 Å². The molecule has 3 heterocycles. The number of anilines is 1. The van der Waals surface area contributed by atoms with Crippen LogP contribution in [-0.2, 0) is 11.3 Å². The Labute approximate surface area is 148 Å². The maximum absolute atomic E-state index is 11.6. The minimum Gasteiger partial charge on any atom is -0.461 e. The summed E-state index contributed by atoms with van der Waals surface area (Å²) < 4.78 is 7.32. The molecule has 0 bridgehead atoms. The third-order valence-electron chi connectivity index (χ3n) is 4.60. The first kappa shape index (κ1) is 15.6. The lowest BCUT2D eigenvalue weighted by Gasteiger charge is -2.41. The van der Waals surface area contributed by atoms with E-state index in [4.69, 9.17) is 4.74 Å². The Balaban J connectivity index is 1.44. The van der Waals surface area contributed by atoms with Gasteiger partial charge >= 0.3 is 5.97 Å². The van der Waals surface area contributed by atoms with E-state index in [1.165, 1.54) is 12.8 Å². The summed E-state index contributed by atoms with van der Waals surface area (Å²) in [5, 5.41) is 7.82. The molecule has 7 nitrogen and oxygen atoms in total. The predicted octanol–water partition coefficient (Wildman–Crippen LogP) is 2.26. The third kappa shape index (κ3) is 2.90. The summed E-state index contributed by atoms with van der Waals surface area (Å²) in [4.78, 5) is 18.6. The number of pyridine rings is 1. The number of hydrogen-bond acceptors (Lipinski definition) is 6. The molecule has 0 amide bonds. The first-order valence-electron chi connectivity index (χ1n) is 8.06. The lowest BCUT2D eigenvalue weighted by Crippen LogP contribution is -2.48. The number of carbonyl (C=O) groups is 1. The fraction of sp³-hybridized carbons (Fsp3) is 0.500. The lowest BCUT2D eigenvalue weighted by atomic mass is 9.97. The van der Waals surface area contributed by atoms with E-state index < -0.39 is 5.97 Å². The van der Waals surface area contributed by atoms with Crippen LogP contribution in [0.25, 0.3) is 0 Å². The van der Waals surface area contributed by atoms with Gasteiger partial charge in [0.1, 0.15) is 10.4 Å². The molecule has 0 unspecified atom stereocenters. The number of ether oxygens (including phenoxy) is 1. The zero-order chi connectivity index (χ0) is 16.7. The molecular formula is C16H18BrN5O2. The van der Waals surface area contributed by atoms with E-state index >= 15 is 0 Å². The molecule has 1 saturated carbocycles. The number of hydrogen-bond donors (Lipinski definition) is 0. The molecule has 1 spiro atoms. The first-order valence-corrected chi connectivity index (χ1v) is 8.85. The van der Waals surface area contributed by atoms with Gasteiger partial charge in [0.25, 0.3) is 0 Å². The molecule has 126 valence electrons. The van der Waals surface area contributed by atoms with Gasteiger partial charge in [-0.15, -0.1) is 5.10 Å². The van der Waals surface area contributed by atoms with Crippen LogP contribution in [0.3, 0.4) is 0 Å². The Morgan fingerprint density at radius 3 is 2.83 bits per heavy atom. The van der Waals surface area contributed by atoms with Gasteiger partial charge in [0.05, 0.1) is 19.3 Å². The summed E-state index contributed by atoms with van der Waals surface area (Å²) in [5.74, 6) is 0.553. The Bertz CT molecular complexity index is 779. The van der Waals surface area contributed by atoms with Crippen LogP contribution in [0.15, 0.2) is 22.9 Å². The molecule has 0 aromatic carbocycles. The average Bonchev–Trinajstić information content (AvgIpc) is 3.20. The van der Waals surface area contributed by atoms with Gasteiger partial charge in [0, 0.05) is 24.1 Å². The van der Waals surface area contributed by atoms with Gasteiger partial charge in [0.15, 0.2) is 5.69 Å². The highest BCUT2D eigenvalue weighted by atomic mass is 79.9. The molecule has 8 heteroatoms. The Kier molecular flexibility index (Phi) is 3.79. The lowest BCUT2D eigenvalue weighted by molar-refractivity contribution is 0.0519. The normalized spacial score (nSPS) is 17.7. The number of halogens is 1. The van der Waals surface area contributed by atoms with Crippen molar-refractivity contribution in [2.24, 2.45) is 5.41 Å². The number of esters is 1. The van der Waals surface area contributed by atoms with Gasteiger partial charge in [0.2, 0.25) is 0 Å². The van der Waals surface area contributed by atoms with Crippen molar-refractivity contribution in [3.63, 3.8) is 0 Å². The molecule has 1 aliphatic heterocycles. The standard InChI is InChI=1S/C16H18BrN5O2/c1-2-24-15(23)12-8-22(20-19-12)7-11-3-4-13(18-14(11)17)21-9-16(10-21)5-6-16/h3-4,8H,2,5-7,9-10H2,1H3. The zero-order valence-electron chi connectivity index (χ0n) is 13.4. The van der Waals surface area contributed by atoms with Crippen LogP contribution in [-0.4, -0.2) is 45.6 Å². The second-order valence-electron chi connectivity index (χ2n) is 6.50. The summed E-state index contributed by atoms with van der Waals surface area (Å²) in [6, 6.07) is 4.08. The van der Waals surface area contributed by atoms with Crippen LogP contribution in [0.1, 0.15) is 35.8 Å².